The summed E-state index contributed by atoms with van der Waals surface area (Å²) in [6.07, 6.45) is 0.236. The van der Waals surface area contributed by atoms with Gasteiger partial charge in [-0.25, -0.2) is 0 Å². The van der Waals surface area contributed by atoms with Crippen LogP contribution in [0.25, 0.3) is 0 Å². The number of hydrogen-bond donors (Lipinski definition) is 1. The normalized spacial score (nSPS) is 10.2. The summed E-state index contributed by atoms with van der Waals surface area (Å²) in [4.78, 5) is 24.5. The molecule has 0 saturated carbocycles. The molecule has 0 radical (unpaired) electrons. The number of ether oxygens (including phenoxy) is 1. The Balaban J connectivity index is 1.67. The molecule has 0 unspecified atom stereocenters. The fraction of sp³-hybridized carbons (Fsp3) is 0.176. The summed E-state index contributed by atoms with van der Waals surface area (Å²) in [5, 5.41) is 3.32. The molecule has 1 N–H and O–H groups in total. The zero-order chi connectivity index (χ0) is 17.4. The number of carbonyl (C=O) groups is 2. The van der Waals surface area contributed by atoms with Crippen LogP contribution in [0.3, 0.4) is 0 Å². The van der Waals surface area contributed by atoms with E-state index in [0.29, 0.717) is 21.5 Å². The molecule has 0 aliphatic carbocycles. The minimum atomic E-state index is -0.433. The summed E-state index contributed by atoms with van der Waals surface area (Å²) < 4.78 is 4.94. The average molecular weight is 384 g/mol. The van der Waals surface area contributed by atoms with Crippen LogP contribution < -0.4 is 5.32 Å². The van der Waals surface area contributed by atoms with Gasteiger partial charge in [-0.3, -0.25) is 9.59 Å². The van der Waals surface area contributed by atoms with E-state index in [9.17, 15) is 9.59 Å². The monoisotopic (exact) mass is 383 g/mol. The Kier molecular flexibility index (Phi) is 7.43. The first kappa shape index (κ1) is 18.6. The van der Waals surface area contributed by atoms with Gasteiger partial charge >= 0.3 is 5.97 Å². The lowest BCUT2D eigenvalue weighted by Gasteiger charge is -2.07. The average Bonchev–Trinajstić information content (AvgIpc) is 2.57. The molecule has 1 amide bonds. The minimum absolute atomic E-state index is 0.236. The maximum absolute atomic E-state index is 11.7. The molecule has 0 aromatic heterocycles. The van der Waals surface area contributed by atoms with Gasteiger partial charge in [0, 0.05) is 16.3 Å². The molecular formula is C17H15Cl2NO3S. The summed E-state index contributed by atoms with van der Waals surface area (Å²) in [6.45, 7) is -0.338. The molecule has 0 saturated heterocycles. The van der Waals surface area contributed by atoms with Gasteiger partial charge in [-0.15, -0.1) is 11.8 Å². The van der Waals surface area contributed by atoms with E-state index in [1.165, 1.54) is 6.07 Å². The lowest BCUT2D eigenvalue weighted by atomic mass is 10.3. The Morgan fingerprint density at radius 2 is 1.79 bits per heavy atom. The third kappa shape index (κ3) is 6.43. The summed E-state index contributed by atoms with van der Waals surface area (Å²) in [7, 11) is 0. The molecule has 2 rings (SSSR count). The Labute approximate surface area is 154 Å². The molecule has 0 spiro atoms. The molecule has 0 aliphatic rings. The van der Waals surface area contributed by atoms with Gasteiger partial charge in [0.1, 0.15) is 0 Å². The fourth-order valence-electron chi connectivity index (χ4n) is 1.76. The van der Waals surface area contributed by atoms with Crippen LogP contribution in [0.2, 0.25) is 10.0 Å². The first-order valence-electron chi connectivity index (χ1n) is 7.13. The van der Waals surface area contributed by atoms with Crippen molar-refractivity contribution in [2.45, 2.75) is 11.3 Å². The van der Waals surface area contributed by atoms with Crippen LogP contribution in [0.5, 0.6) is 0 Å². The van der Waals surface area contributed by atoms with Crippen LogP contribution in [0, 0.1) is 0 Å². The second-order valence-corrected chi connectivity index (χ2v) is 6.73. The van der Waals surface area contributed by atoms with Crippen molar-refractivity contribution in [1.82, 2.24) is 0 Å². The van der Waals surface area contributed by atoms with Gasteiger partial charge in [0.25, 0.3) is 5.91 Å². The number of esters is 1. The molecule has 0 bridgehead atoms. The van der Waals surface area contributed by atoms with Gasteiger partial charge in [0.05, 0.1) is 16.5 Å². The first-order valence-corrected chi connectivity index (χ1v) is 8.87. The first-order chi connectivity index (χ1) is 11.5. The predicted molar refractivity (Wildman–Crippen MR) is 97.8 cm³/mol. The molecule has 2 aromatic carbocycles. The highest BCUT2D eigenvalue weighted by Gasteiger charge is 2.09. The van der Waals surface area contributed by atoms with E-state index in [2.05, 4.69) is 5.32 Å². The third-order valence-electron chi connectivity index (χ3n) is 2.89. The number of hydrogen-bond acceptors (Lipinski definition) is 4. The van der Waals surface area contributed by atoms with Gasteiger partial charge in [-0.2, -0.15) is 0 Å². The molecule has 126 valence electrons. The van der Waals surface area contributed by atoms with Crippen LogP contribution in [0.1, 0.15) is 6.42 Å². The van der Waals surface area contributed by atoms with Crippen molar-refractivity contribution in [2.75, 3.05) is 17.7 Å². The second-order valence-electron chi connectivity index (χ2n) is 4.75. The molecule has 4 nitrogen and oxygen atoms in total. The van der Waals surface area contributed by atoms with Crippen LogP contribution in [0.15, 0.2) is 53.4 Å². The van der Waals surface area contributed by atoms with Crippen LogP contribution >= 0.6 is 35.0 Å². The summed E-state index contributed by atoms with van der Waals surface area (Å²) in [6, 6.07) is 14.5. The lowest BCUT2D eigenvalue weighted by Crippen LogP contribution is -2.21. The van der Waals surface area contributed by atoms with Crippen LogP contribution in [-0.2, 0) is 14.3 Å². The van der Waals surface area contributed by atoms with Gasteiger partial charge in [0.2, 0.25) is 0 Å². The van der Waals surface area contributed by atoms with Crippen molar-refractivity contribution in [3.8, 4) is 0 Å². The van der Waals surface area contributed by atoms with Gasteiger partial charge in [-0.05, 0) is 30.3 Å². The van der Waals surface area contributed by atoms with Crippen molar-refractivity contribution in [1.29, 1.82) is 0 Å². The number of amides is 1. The topological polar surface area (TPSA) is 55.4 Å². The predicted octanol–water partition coefficient (Wildman–Crippen LogP) is 4.66. The van der Waals surface area contributed by atoms with E-state index in [4.69, 9.17) is 27.9 Å². The van der Waals surface area contributed by atoms with Crippen molar-refractivity contribution in [2.24, 2.45) is 0 Å². The van der Waals surface area contributed by atoms with E-state index in [1.807, 2.05) is 30.3 Å². The Bertz CT molecular complexity index is 710. The maximum atomic E-state index is 11.7. The van der Waals surface area contributed by atoms with Crippen LogP contribution in [0.4, 0.5) is 5.69 Å². The molecular weight excluding hydrogens is 369 g/mol. The molecule has 2 aromatic rings. The van der Waals surface area contributed by atoms with Gasteiger partial charge in [-0.1, -0.05) is 41.4 Å². The summed E-state index contributed by atoms with van der Waals surface area (Å²) in [5.74, 6) is -0.253. The lowest BCUT2D eigenvalue weighted by molar-refractivity contribution is -0.146. The Hall–Kier alpha value is -1.69. The highest BCUT2D eigenvalue weighted by Crippen LogP contribution is 2.25. The van der Waals surface area contributed by atoms with Gasteiger partial charge in [0.15, 0.2) is 6.61 Å². The summed E-state index contributed by atoms with van der Waals surface area (Å²) >= 11 is 13.2. The fourth-order valence-corrected chi connectivity index (χ4v) is 2.91. The number of carbonyl (C=O) groups excluding carboxylic acids is 2. The largest absolute Gasteiger partial charge is 0.456 e. The highest BCUT2D eigenvalue weighted by atomic mass is 35.5. The molecule has 0 fully saturated rings. The molecule has 24 heavy (non-hydrogen) atoms. The van der Waals surface area contributed by atoms with E-state index < -0.39 is 11.9 Å². The molecule has 7 heteroatoms. The number of halogens is 2. The third-order valence-corrected chi connectivity index (χ3v) is 4.64. The van der Waals surface area contributed by atoms with Crippen molar-refractivity contribution < 1.29 is 14.3 Å². The number of rotatable bonds is 7. The number of thioether (sulfide) groups is 1. The van der Waals surface area contributed by atoms with Crippen LogP contribution in [-0.4, -0.2) is 24.2 Å². The van der Waals surface area contributed by atoms with E-state index in [0.717, 1.165) is 4.90 Å². The zero-order valence-electron chi connectivity index (χ0n) is 12.6. The second kappa shape index (κ2) is 9.57. The SMILES string of the molecule is O=C(COC(=O)CCSc1ccccc1)Nc1ccc(Cl)c(Cl)c1. The van der Waals surface area contributed by atoms with E-state index >= 15 is 0 Å². The van der Waals surface area contributed by atoms with Crippen molar-refractivity contribution in [3.63, 3.8) is 0 Å². The van der Waals surface area contributed by atoms with Crippen molar-refractivity contribution >= 4 is 52.5 Å². The van der Waals surface area contributed by atoms with Crippen molar-refractivity contribution in [3.05, 3.63) is 58.6 Å². The molecule has 0 heterocycles. The number of benzene rings is 2. The van der Waals surface area contributed by atoms with E-state index in [1.54, 1.807) is 23.9 Å². The summed E-state index contributed by atoms with van der Waals surface area (Å²) in [5.41, 5.74) is 0.491. The molecule has 0 atom stereocenters. The quantitative estimate of drug-likeness (QED) is 0.557. The number of nitrogens with one attached hydrogen (secondary N) is 1. The Morgan fingerprint density at radius 1 is 1.04 bits per heavy atom. The van der Waals surface area contributed by atoms with Gasteiger partial charge < -0.3 is 10.1 Å². The zero-order valence-corrected chi connectivity index (χ0v) is 15.0. The number of anilines is 1. The Morgan fingerprint density at radius 3 is 2.50 bits per heavy atom. The maximum Gasteiger partial charge on any atom is 0.307 e. The highest BCUT2D eigenvalue weighted by molar-refractivity contribution is 7.99. The standard InChI is InChI=1S/C17H15Cl2NO3S/c18-14-7-6-12(10-15(14)19)20-16(21)11-23-17(22)8-9-24-13-4-2-1-3-5-13/h1-7,10H,8-9,11H2,(H,20,21). The minimum Gasteiger partial charge on any atom is -0.456 e. The smallest absolute Gasteiger partial charge is 0.307 e. The van der Waals surface area contributed by atoms with E-state index in [-0.39, 0.29) is 13.0 Å². The molecule has 0 aliphatic heterocycles.